The summed E-state index contributed by atoms with van der Waals surface area (Å²) in [6, 6.07) is 7.02. The van der Waals surface area contributed by atoms with Gasteiger partial charge in [-0.25, -0.2) is 13.2 Å². The van der Waals surface area contributed by atoms with Gasteiger partial charge in [-0.1, -0.05) is 11.8 Å². The highest BCUT2D eigenvalue weighted by Gasteiger charge is 2.51. The number of hydrazone groups is 1. The molecular weight excluding hydrogens is 395 g/mol. The van der Waals surface area contributed by atoms with Gasteiger partial charge in [0.15, 0.2) is 0 Å². The molecule has 6 nitrogen and oxygen atoms in total. The minimum Gasteiger partial charge on any atom is -0.493 e. The van der Waals surface area contributed by atoms with Crippen LogP contribution in [0.15, 0.2) is 41.5 Å². The van der Waals surface area contributed by atoms with E-state index >= 15 is 0 Å². The summed E-state index contributed by atoms with van der Waals surface area (Å²) in [4.78, 5) is 9.34. The van der Waals surface area contributed by atoms with E-state index in [1.165, 1.54) is 18.2 Å². The lowest BCUT2D eigenvalue weighted by molar-refractivity contribution is -0.482. The Balaban J connectivity index is 1.75. The van der Waals surface area contributed by atoms with Gasteiger partial charge in [0.05, 0.1) is 6.61 Å². The van der Waals surface area contributed by atoms with Gasteiger partial charge in [-0.15, -0.1) is 0 Å². The number of hydrogen-bond donors (Lipinski definition) is 1. The number of halogens is 3. The van der Waals surface area contributed by atoms with E-state index in [4.69, 9.17) is 4.74 Å². The van der Waals surface area contributed by atoms with Crippen LogP contribution in [-0.2, 0) is 4.87 Å². The van der Waals surface area contributed by atoms with E-state index in [1.54, 1.807) is 0 Å². The molecule has 2 aromatic carbocycles. The molecule has 2 heterocycles. The SMILES string of the molecule is O=[N+]([O-])CCC1COc2ccc(F)cc2C12NN=C(c1cc(F)ccc1F)S2. The fourth-order valence-corrected chi connectivity index (χ4v) is 4.77. The van der Waals surface area contributed by atoms with Crippen LogP contribution in [0.25, 0.3) is 0 Å². The molecule has 2 atom stereocenters. The van der Waals surface area contributed by atoms with Crippen LogP contribution in [0.2, 0.25) is 0 Å². The van der Waals surface area contributed by atoms with Crippen LogP contribution in [0.1, 0.15) is 17.5 Å². The number of nitro groups is 1. The van der Waals surface area contributed by atoms with Crippen LogP contribution in [0.5, 0.6) is 5.75 Å². The summed E-state index contributed by atoms with van der Waals surface area (Å²) in [5.74, 6) is -1.82. The first-order valence-electron chi connectivity index (χ1n) is 8.43. The molecule has 2 aliphatic heterocycles. The molecule has 2 aliphatic rings. The first kappa shape index (κ1) is 18.6. The van der Waals surface area contributed by atoms with E-state index in [-0.39, 0.29) is 30.2 Å². The van der Waals surface area contributed by atoms with Gasteiger partial charge in [-0.2, -0.15) is 5.10 Å². The summed E-state index contributed by atoms with van der Waals surface area (Å²) in [5, 5.41) is 15.2. The average Bonchev–Trinajstić information content (AvgIpc) is 3.09. The molecule has 2 unspecified atom stereocenters. The molecule has 0 bridgehead atoms. The Kier molecular flexibility index (Phi) is 4.66. The number of fused-ring (bicyclic) bond motifs is 2. The molecule has 1 N–H and O–H groups in total. The van der Waals surface area contributed by atoms with Gasteiger partial charge in [-0.3, -0.25) is 15.5 Å². The lowest BCUT2D eigenvalue weighted by atomic mass is 9.87. The second-order valence-electron chi connectivity index (χ2n) is 6.48. The lowest BCUT2D eigenvalue weighted by Crippen LogP contribution is -2.47. The fraction of sp³-hybridized carbons (Fsp3) is 0.278. The minimum atomic E-state index is -1.08. The number of hydrogen-bond acceptors (Lipinski definition) is 6. The van der Waals surface area contributed by atoms with E-state index in [1.807, 2.05) is 0 Å². The maximum atomic E-state index is 14.2. The second-order valence-corrected chi connectivity index (χ2v) is 7.72. The Bertz CT molecular complexity index is 988. The van der Waals surface area contributed by atoms with Gasteiger partial charge in [0.25, 0.3) is 0 Å². The van der Waals surface area contributed by atoms with E-state index in [9.17, 15) is 23.3 Å². The Labute approximate surface area is 161 Å². The van der Waals surface area contributed by atoms with Crippen LogP contribution in [0.4, 0.5) is 13.2 Å². The molecule has 1 spiro atoms. The zero-order valence-corrected chi connectivity index (χ0v) is 15.1. The van der Waals surface area contributed by atoms with Gasteiger partial charge in [0, 0.05) is 28.4 Å². The summed E-state index contributed by atoms with van der Waals surface area (Å²) in [6.45, 7) is -0.173. The van der Waals surface area contributed by atoms with E-state index in [0.29, 0.717) is 11.3 Å². The maximum Gasteiger partial charge on any atom is 0.204 e. The zero-order chi connectivity index (χ0) is 19.9. The van der Waals surface area contributed by atoms with Gasteiger partial charge in [0.2, 0.25) is 6.54 Å². The number of nitrogens with one attached hydrogen (secondary N) is 1. The molecule has 0 amide bonds. The second kappa shape index (κ2) is 7.01. The highest BCUT2D eigenvalue weighted by atomic mass is 32.2. The quantitative estimate of drug-likeness (QED) is 0.617. The van der Waals surface area contributed by atoms with Crippen molar-refractivity contribution in [1.82, 2.24) is 5.43 Å². The summed E-state index contributed by atoms with van der Waals surface area (Å²) in [7, 11) is 0. The lowest BCUT2D eigenvalue weighted by Gasteiger charge is -2.40. The molecule has 28 heavy (non-hydrogen) atoms. The van der Waals surface area contributed by atoms with E-state index in [2.05, 4.69) is 10.5 Å². The monoisotopic (exact) mass is 409 g/mol. The average molecular weight is 409 g/mol. The van der Waals surface area contributed by atoms with Crippen molar-refractivity contribution in [2.75, 3.05) is 13.2 Å². The molecule has 0 radical (unpaired) electrons. The number of ether oxygens (including phenoxy) is 1. The first-order chi connectivity index (χ1) is 13.4. The summed E-state index contributed by atoms with van der Waals surface area (Å²) < 4.78 is 47.5. The van der Waals surface area contributed by atoms with Gasteiger partial charge in [-0.05, 0) is 36.4 Å². The van der Waals surface area contributed by atoms with Crippen molar-refractivity contribution in [1.29, 1.82) is 0 Å². The van der Waals surface area contributed by atoms with Crippen molar-refractivity contribution in [3.63, 3.8) is 0 Å². The van der Waals surface area contributed by atoms with Crippen molar-refractivity contribution in [3.05, 3.63) is 75.1 Å². The molecule has 0 saturated heterocycles. The molecule has 146 valence electrons. The van der Waals surface area contributed by atoms with Crippen molar-refractivity contribution in [2.24, 2.45) is 11.0 Å². The van der Waals surface area contributed by atoms with Crippen LogP contribution < -0.4 is 10.2 Å². The van der Waals surface area contributed by atoms with Gasteiger partial charge in [0.1, 0.15) is 33.1 Å². The van der Waals surface area contributed by atoms with Crippen molar-refractivity contribution in [3.8, 4) is 5.75 Å². The largest absolute Gasteiger partial charge is 0.493 e. The third-order valence-corrected chi connectivity index (χ3v) is 6.23. The van der Waals surface area contributed by atoms with Crippen LogP contribution in [-0.4, -0.2) is 23.1 Å². The Morgan fingerprint density at radius 2 is 2.00 bits per heavy atom. The topological polar surface area (TPSA) is 76.8 Å². The molecular formula is C18H14F3N3O3S. The van der Waals surface area contributed by atoms with Crippen molar-refractivity contribution >= 4 is 16.8 Å². The predicted octanol–water partition coefficient (Wildman–Crippen LogP) is 3.63. The standard InChI is InChI=1S/C18H14F3N3O3S/c19-11-1-3-15(21)13(7-11)17-22-23-18(28-17)10(5-6-24(25)26)9-27-16-4-2-12(20)8-14(16)18/h1-4,7-8,10,23H,5-6,9H2. The van der Waals surface area contributed by atoms with Crippen molar-refractivity contribution in [2.45, 2.75) is 11.3 Å². The maximum absolute atomic E-state index is 14.2. The number of thioether (sulfide) groups is 1. The van der Waals surface area contributed by atoms with E-state index in [0.717, 1.165) is 30.0 Å². The smallest absolute Gasteiger partial charge is 0.204 e. The van der Waals surface area contributed by atoms with Crippen LogP contribution in [0.3, 0.4) is 0 Å². The highest BCUT2D eigenvalue weighted by molar-refractivity contribution is 8.15. The normalized spacial score (nSPS) is 23.0. The Morgan fingerprint density at radius 1 is 1.25 bits per heavy atom. The van der Waals surface area contributed by atoms with Crippen molar-refractivity contribution < 1.29 is 22.8 Å². The molecule has 4 rings (SSSR count). The molecule has 10 heteroatoms. The number of nitrogens with zero attached hydrogens (tertiary/aromatic N) is 2. The Hall–Kier alpha value is -2.75. The number of benzene rings is 2. The summed E-state index contributed by atoms with van der Waals surface area (Å²) in [5.41, 5.74) is 3.31. The Morgan fingerprint density at radius 3 is 2.79 bits per heavy atom. The minimum absolute atomic E-state index is 0.0353. The molecule has 0 aromatic heterocycles. The third kappa shape index (κ3) is 3.17. The van der Waals surface area contributed by atoms with Gasteiger partial charge < -0.3 is 4.74 Å². The molecule has 2 aromatic rings. The summed E-state index contributed by atoms with van der Waals surface area (Å²) in [6.07, 6.45) is 0.136. The first-order valence-corrected chi connectivity index (χ1v) is 9.24. The molecule has 0 fully saturated rings. The highest BCUT2D eigenvalue weighted by Crippen LogP contribution is 2.52. The molecule has 0 aliphatic carbocycles. The van der Waals surface area contributed by atoms with Gasteiger partial charge >= 0.3 is 0 Å². The molecule has 0 saturated carbocycles. The van der Waals surface area contributed by atoms with Crippen LogP contribution >= 0.6 is 11.8 Å². The zero-order valence-electron chi connectivity index (χ0n) is 14.3. The van der Waals surface area contributed by atoms with E-state index < -0.39 is 33.2 Å². The third-order valence-electron chi connectivity index (χ3n) is 4.76. The number of rotatable bonds is 4. The fourth-order valence-electron chi connectivity index (χ4n) is 3.39. The predicted molar refractivity (Wildman–Crippen MR) is 97.2 cm³/mol. The van der Waals surface area contributed by atoms with Crippen LogP contribution in [0, 0.1) is 33.5 Å². The summed E-state index contributed by atoms with van der Waals surface area (Å²) >= 11 is 1.08.